The van der Waals surface area contributed by atoms with Crippen LogP contribution in [-0.4, -0.2) is 11.7 Å². The number of aliphatic hydroxyl groups is 1. The van der Waals surface area contributed by atoms with Crippen molar-refractivity contribution in [1.29, 1.82) is 0 Å². The largest absolute Gasteiger partial charge is 0.387 e. The van der Waals surface area contributed by atoms with Gasteiger partial charge in [-0.15, -0.1) is 11.3 Å². The molecule has 1 aromatic rings. The fourth-order valence-corrected chi connectivity index (χ4v) is 3.69. The molecule has 0 aliphatic carbocycles. The molecule has 1 aromatic heterocycles. The van der Waals surface area contributed by atoms with Crippen molar-refractivity contribution in [2.75, 3.05) is 6.54 Å². The number of aliphatic hydroxyl groups excluding tert-OH is 1. The lowest BCUT2D eigenvalue weighted by molar-refractivity contribution is 0.110. The van der Waals surface area contributed by atoms with Crippen molar-refractivity contribution >= 4 is 43.2 Å². The van der Waals surface area contributed by atoms with Crippen molar-refractivity contribution in [2.45, 2.75) is 25.9 Å². The number of hydrogen-bond acceptors (Lipinski definition) is 3. The Balaban J connectivity index is 2.77. The van der Waals surface area contributed by atoms with E-state index in [4.69, 9.17) is 5.73 Å². The van der Waals surface area contributed by atoms with Crippen molar-refractivity contribution in [1.82, 2.24) is 0 Å². The van der Waals surface area contributed by atoms with E-state index < -0.39 is 6.10 Å². The highest BCUT2D eigenvalue weighted by Crippen LogP contribution is 2.38. The van der Waals surface area contributed by atoms with Crippen LogP contribution in [0.25, 0.3) is 0 Å². The lowest BCUT2D eigenvalue weighted by Crippen LogP contribution is -2.21. The molecule has 2 atom stereocenters. The van der Waals surface area contributed by atoms with E-state index in [9.17, 15) is 5.11 Å². The van der Waals surface area contributed by atoms with E-state index in [1.165, 1.54) is 0 Å². The van der Waals surface area contributed by atoms with Crippen LogP contribution >= 0.6 is 43.2 Å². The van der Waals surface area contributed by atoms with E-state index in [1.54, 1.807) is 11.3 Å². The first-order valence-electron chi connectivity index (χ1n) is 4.93. The lowest BCUT2D eigenvalue weighted by atomic mass is 9.96. The molecular weight excluding hydrogens is 342 g/mol. The van der Waals surface area contributed by atoms with E-state index in [1.807, 2.05) is 6.07 Å². The van der Waals surface area contributed by atoms with Gasteiger partial charge in [0.05, 0.1) is 9.89 Å². The minimum Gasteiger partial charge on any atom is -0.387 e. The van der Waals surface area contributed by atoms with E-state index in [2.05, 4.69) is 38.8 Å². The van der Waals surface area contributed by atoms with Gasteiger partial charge in [-0.05, 0) is 50.9 Å². The van der Waals surface area contributed by atoms with Crippen LogP contribution in [0.2, 0.25) is 0 Å². The highest BCUT2D eigenvalue weighted by atomic mass is 79.9. The molecule has 15 heavy (non-hydrogen) atoms. The SMILES string of the molecule is CCCC(CN)C(O)c1cc(Br)c(Br)s1. The topological polar surface area (TPSA) is 46.2 Å². The molecule has 0 radical (unpaired) electrons. The Morgan fingerprint density at radius 2 is 2.20 bits per heavy atom. The highest BCUT2D eigenvalue weighted by Gasteiger charge is 2.21. The van der Waals surface area contributed by atoms with E-state index in [0.29, 0.717) is 6.54 Å². The Morgan fingerprint density at radius 3 is 2.60 bits per heavy atom. The summed E-state index contributed by atoms with van der Waals surface area (Å²) in [6.07, 6.45) is 1.57. The van der Waals surface area contributed by atoms with Gasteiger partial charge in [-0.2, -0.15) is 0 Å². The number of thiophene rings is 1. The molecular formula is C10H15Br2NOS. The van der Waals surface area contributed by atoms with Crippen LogP contribution < -0.4 is 5.73 Å². The maximum Gasteiger partial charge on any atom is 0.0922 e. The second kappa shape index (κ2) is 6.35. The fraction of sp³-hybridized carbons (Fsp3) is 0.600. The monoisotopic (exact) mass is 355 g/mol. The van der Waals surface area contributed by atoms with Gasteiger partial charge >= 0.3 is 0 Å². The number of rotatable bonds is 5. The zero-order chi connectivity index (χ0) is 11.4. The van der Waals surface area contributed by atoms with Crippen molar-refractivity contribution in [3.63, 3.8) is 0 Å². The van der Waals surface area contributed by atoms with Gasteiger partial charge in [0.15, 0.2) is 0 Å². The molecule has 0 aliphatic heterocycles. The third-order valence-corrected chi connectivity index (χ3v) is 5.69. The molecule has 0 spiro atoms. The van der Waals surface area contributed by atoms with Crippen LogP contribution in [0.4, 0.5) is 0 Å². The maximum absolute atomic E-state index is 10.1. The molecule has 0 fully saturated rings. The number of halogens is 2. The average molecular weight is 357 g/mol. The van der Waals surface area contributed by atoms with Gasteiger partial charge < -0.3 is 10.8 Å². The van der Waals surface area contributed by atoms with Gasteiger partial charge in [0.25, 0.3) is 0 Å². The first-order valence-corrected chi connectivity index (χ1v) is 7.33. The van der Waals surface area contributed by atoms with Crippen LogP contribution in [0, 0.1) is 5.92 Å². The Hall–Kier alpha value is 0.580. The summed E-state index contributed by atoms with van der Waals surface area (Å²) in [7, 11) is 0. The van der Waals surface area contributed by atoms with Gasteiger partial charge in [-0.25, -0.2) is 0 Å². The van der Waals surface area contributed by atoms with Crippen LogP contribution in [0.1, 0.15) is 30.7 Å². The molecule has 5 heteroatoms. The standard InChI is InChI=1S/C10H15Br2NOS/c1-2-3-6(5-13)9(14)8-4-7(11)10(12)15-8/h4,6,9,14H,2-3,5,13H2,1H3. The Labute approximate surface area is 111 Å². The molecule has 2 unspecified atom stereocenters. The van der Waals surface area contributed by atoms with Gasteiger partial charge in [-0.1, -0.05) is 13.3 Å². The molecule has 0 amide bonds. The second-order valence-corrected chi connectivity index (χ2v) is 6.76. The summed E-state index contributed by atoms with van der Waals surface area (Å²) >= 11 is 8.40. The number of nitrogens with two attached hydrogens (primary N) is 1. The molecule has 86 valence electrons. The third kappa shape index (κ3) is 3.53. The van der Waals surface area contributed by atoms with Crippen molar-refractivity contribution in [3.05, 3.63) is 19.2 Å². The maximum atomic E-state index is 10.1. The summed E-state index contributed by atoms with van der Waals surface area (Å²) in [5.74, 6) is 0.160. The van der Waals surface area contributed by atoms with Crippen LogP contribution in [0.5, 0.6) is 0 Å². The zero-order valence-corrected chi connectivity index (χ0v) is 12.5. The average Bonchev–Trinajstić information content (AvgIpc) is 2.55. The van der Waals surface area contributed by atoms with Crippen molar-refractivity contribution < 1.29 is 5.11 Å². The lowest BCUT2D eigenvalue weighted by Gasteiger charge is -2.19. The third-order valence-electron chi connectivity index (χ3n) is 2.36. The first-order chi connectivity index (χ1) is 7.10. The van der Waals surface area contributed by atoms with E-state index in [-0.39, 0.29) is 5.92 Å². The highest BCUT2D eigenvalue weighted by molar-refractivity contribution is 9.13. The minimum atomic E-state index is -0.442. The molecule has 2 nitrogen and oxygen atoms in total. The van der Waals surface area contributed by atoms with Crippen LogP contribution in [-0.2, 0) is 0 Å². The smallest absolute Gasteiger partial charge is 0.0922 e. The van der Waals surface area contributed by atoms with Gasteiger partial charge in [0, 0.05) is 15.3 Å². The van der Waals surface area contributed by atoms with E-state index >= 15 is 0 Å². The molecule has 0 aromatic carbocycles. The summed E-state index contributed by atoms with van der Waals surface area (Å²) in [4.78, 5) is 0.970. The second-order valence-electron chi connectivity index (χ2n) is 3.50. The summed E-state index contributed by atoms with van der Waals surface area (Å²) in [6, 6.07) is 1.96. The molecule has 0 saturated heterocycles. The molecule has 1 heterocycles. The van der Waals surface area contributed by atoms with Crippen molar-refractivity contribution in [3.8, 4) is 0 Å². The quantitative estimate of drug-likeness (QED) is 0.845. The van der Waals surface area contributed by atoms with Gasteiger partial charge in [-0.3, -0.25) is 0 Å². The van der Waals surface area contributed by atoms with Crippen LogP contribution in [0.3, 0.4) is 0 Å². The van der Waals surface area contributed by atoms with E-state index in [0.717, 1.165) is 26.0 Å². The van der Waals surface area contributed by atoms with Crippen LogP contribution in [0.15, 0.2) is 14.3 Å². The zero-order valence-electron chi connectivity index (χ0n) is 8.54. The molecule has 0 bridgehead atoms. The predicted octanol–water partition coefficient (Wildman–Crippen LogP) is 3.68. The fourth-order valence-electron chi connectivity index (χ4n) is 1.52. The summed E-state index contributed by atoms with van der Waals surface area (Å²) < 4.78 is 2.01. The molecule has 0 aliphatic rings. The van der Waals surface area contributed by atoms with Gasteiger partial charge in [0.2, 0.25) is 0 Å². The molecule has 3 N–H and O–H groups in total. The molecule has 0 saturated carbocycles. The van der Waals surface area contributed by atoms with Crippen molar-refractivity contribution in [2.24, 2.45) is 11.7 Å². The normalized spacial score (nSPS) is 15.3. The minimum absolute atomic E-state index is 0.160. The summed E-state index contributed by atoms with van der Waals surface area (Å²) in [5.41, 5.74) is 5.66. The van der Waals surface area contributed by atoms with Gasteiger partial charge in [0.1, 0.15) is 0 Å². The Bertz CT molecular complexity index is 297. The first kappa shape index (κ1) is 13.6. The summed E-state index contributed by atoms with van der Waals surface area (Å²) in [5, 5.41) is 10.1. The number of hydrogen-bond donors (Lipinski definition) is 2. The summed E-state index contributed by atoms with van der Waals surface area (Å²) in [6.45, 7) is 2.64. The molecule has 1 rings (SSSR count). The Kier molecular flexibility index (Phi) is 5.77. The Morgan fingerprint density at radius 1 is 1.53 bits per heavy atom. The predicted molar refractivity (Wildman–Crippen MR) is 72.1 cm³/mol.